The number of hydrogen-bond acceptors (Lipinski definition) is 5. The van der Waals surface area contributed by atoms with Gasteiger partial charge in [0.25, 0.3) is 0 Å². The Kier molecular flexibility index (Phi) is 3.55. The largest absolute Gasteiger partial charge is 0.379 e. The maximum absolute atomic E-state index is 5.52. The quantitative estimate of drug-likeness (QED) is 0.853. The van der Waals surface area contributed by atoms with Gasteiger partial charge in [0.2, 0.25) is 0 Å². The molecule has 5 heteroatoms. The highest BCUT2D eigenvalue weighted by molar-refractivity contribution is 5.48. The molecule has 2 aliphatic carbocycles. The zero-order valence-corrected chi connectivity index (χ0v) is 11.6. The first-order chi connectivity index (χ1) is 9.30. The molecule has 0 saturated heterocycles. The first-order valence-electron chi connectivity index (χ1n) is 7.16. The van der Waals surface area contributed by atoms with E-state index in [4.69, 9.17) is 4.74 Å². The minimum absolute atomic E-state index is 0.303. The number of nitrogens with zero attached hydrogens (tertiary/aromatic N) is 2. The fourth-order valence-corrected chi connectivity index (χ4v) is 2.76. The Bertz CT molecular complexity index is 447. The summed E-state index contributed by atoms with van der Waals surface area (Å²) in [6.07, 6.45) is 6.24. The third kappa shape index (κ3) is 2.81. The molecule has 3 rings (SSSR count). The van der Waals surface area contributed by atoms with Crippen molar-refractivity contribution < 1.29 is 4.74 Å². The normalized spacial score (nSPS) is 26.4. The molecular formula is C14H22N4O. The van der Waals surface area contributed by atoms with Crippen LogP contribution in [-0.2, 0) is 4.74 Å². The Balaban J connectivity index is 1.77. The van der Waals surface area contributed by atoms with Gasteiger partial charge in [0, 0.05) is 26.1 Å². The summed E-state index contributed by atoms with van der Waals surface area (Å²) in [5.74, 6) is 3.36. The van der Waals surface area contributed by atoms with Gasteiger partial charge in [-0.2, -0.15) is 0 Å². The van der Waals surface area contributed by atoms with E-state index >= 15 is 0 Å². The SMILES string of the molecule is CNc1cc(NC2CCCC2OC)nc(C2CC2)n1. The fraction of sp³-hybridized carbons (Fsp3) is 0.714. The van der Waals surface area contributed by atoms with E-state index in [2.05, 4.69) is 20.6 Å². The Morgan fingerprint density at radius 1 is 1.16 bits per heavy atom. The van der Waals surface area contributed by atoms with Crippen molar-refractivity contribution in [3.63, 3.8) is 0 Å². The molecular weight excluding hydrogens is 240 g/mol. The molecule has 0 amide bonds. The van der Waals surface area contributed by atoms with E-state index in [1.54, 1.807) is 7.11 Å². The van der Waals surface area contributed by atoms with Gasteiger partial charge in [-0.05, 0) is 32.1 Å². The van der Waals surface area contributed by atoms with Crippen LogP contribution in [0, 0.1) is 0 Å². The summed E-state index contributed by atoms with van der Waals surface area (Å²) in [5.41, 5.74) is 0. The van der Waals surface area contributed by atoms with Crippen LogP contribution in [0.15, 0.2) is 6.07 Å². The maximum atomic E-state index is 5.52. The van der Waals surface area contributed by atoms with Crippen molar-refractivity contribution in [3.05, 3.63) is 11.9 Å². The number of ether oxygens (including phenoxy) is 1. The van der Waals surface area contributed by atoms with Gasteiger partial charge >= 0.3 is 0 Å². The van der Waals surface area contributed by atoms with Gasteiger partial charge < -0.3 is 15.4 Å². The molecule has 2 atom stereocenters. The summed E-state index contributed by atoms with van der Waals surface area (Å²) in [7, 11) is 3.69. The second-order valence-corrected chi connectivity index (χ2v) is 5.48. The van der Waals surface area contributed by atoms with E-state index in [1.165, 1.54) is 19.3 Å². The Hall–Kier alpha value is -1.36. The van der Waals surface area contributed by atoms with Gasteiger partial charge in [-0.1, -0.05) is 0 Å². The van der Waals surface area contributed by atoms with Crippen LogP contribution in [0.1, 0.15) is 43.8 Å². The van der Waals surface area contributed by atoms with E-state index in [0.29, 0.717) is 18.1 Å². The van der Waals surface area contributed by atoms with Crippen LogP contribution in [0.3, 0.4) is 0 Å². The molecule has 1 heterocycles. The monoisotopic (exact) mass is 262 g/mol. The molecule has 5 nitrogen and oxygen atoms in total. The molecule has 19 heavy (non-hydrogen) atoms. The molecule has 0 bridgehead atoms. The predicted octanol–water partition coefficient (Wildman–Crippen LogP) is 2.38. The first kappa shape index (κ1) is 12.7. The van der Waals surface area contributed by atoms with Gasteiger partial charge in [-0.3, -0.25) is 0 Å². The van der Waals surface area contributed by atoms with Crippen LogP contribution in [-0.4, -0.2) is 36.3 Å². The maximum Gasteiger partial charge on any atom is 0.136 e. The van der Waals surface area contributed by atoms with Crippen molar-refractivity contribution in [2.24, 2.45) is 0 Å². The molecule has 0 radical (unpaired) electrons. The zero-order chi connectivity index (χ0) is 13.2. The van der Waals surface area contributed by atoms with Crippen molar-refractivity contribution in [1.29, 1.82) is 0 Å². The van der Waals surface area contributed by atoms with Crippen LogP contribution >= 0.6 is 0 Å². The van der Waals surface area contributed by atoms with Crippen LogP contribution in [0.2, 0.25) is 0 Å². The summed E-state index contributed by atoms with van der Waals surface area (Å²) in [6, 6.07) is 2.35. The van der Waals surface area contributed by atoms with E-state index in [0.717, 1.165) is 30.3 Å². The minimum Gasteiger partial charge on any atom is -0.379 e. The lowest BCUT2D eigenvalue weighted by Gasteiger charge is -2.20. The summed E-state index contributed by atoms with van der Waals surface area (Å²) in [5, 5.41) is 6.64. The average molecular weight is 262 g/mol. The zero-order valence-electron chi connectivity index (χ0n) is 11.6. The van der Waals surface area contributed by atoms with Crippen LogP contribution in [0.5, 0.6) is 0 Å². The highest BCUT2D eigenvalue weighted by Crippen LogP contribution is 2.39. The number of aromatic nitrogens is 2. The molecule has 0 aromatic carbocycles. The van der Waals surface area contributed by atoms with E-state index in [1.807, 2.05) is 13.1 Å². The number of anilines is 2. The summed E-state index contributed by atoms with van der Waals surface area (Å²) in [4.78, 5) is 9.19. The summed E-state index contributed by atoms with van der Waals surface area (Å²) < 4.78 is 5.52. The van der Waals surface area contributed by atoms with Gasteiger partial charge in [0.05, 0.1) is 12.1 Å². The Labute approximate surface area is 114 Å². The van der Waals surface area contributed by atoms with Gasteiger partial charge in [0.1, 0.15) is 17.5 Å². The number of methoxy groups -OCH3 is 1. The van der Waals surface area contributed by atoms with Crippen molar-refractivity contribution in [3.8, 4) is 0 Å². The van der Waals surface area contributed by atoms with Crippen LogP contribution < -0.4 is 10.6 Å². The first-order valence-corrected chi connectivity index (χ1v) is 7.16. The smallest absolute Gasteiger partial charge is 0.136 e. The van der Waals surface area contributed by atoms with Gasteiger partial charge in [-0.25, -0.2) is 9.97 Å². The van der Waals surface area contributed by atoms with Crippen molar-refractivity contribution >= 4 is 11.6 Å². The molecule has 2 unspecified atom stereocenters. The molecule has 1 aromatic heterocycles. The molecule has 2 saturated carbocycles. The lowest BCUT2D eigenvalue weighted by molar-refractivity contribution is 0.101. The molecule has 2 N–H and O–H groups in total. The standard InChI is InChI=1S/C14H22N4O/c1-15-12-8-13(18-14(17-12)9-6-7-9)16-10-4-3-5-11(10)19-2/h8-11H,3-7H2,1-2H3,(H2,15,16,17,18). The Morgan fingerprint density at radius 3 is 2.63 bits per heavy atom. The molecule has 1 aromatic rings. The van der Waals surface area contributed by atoms with E-state index in [9.17, 15) is 0 Å². The average Bonchev–Trinajstić information content (AvgIpc) is 3.19. The summed E-state index contributed by atoms with van der Waals surface area (Å²) >= 11 is 0. The molecule has 0 spiro atoms. The lowest BCUT2D eigenvalue weighted by Crippen LogP contribution is -2.30. The number of nitrogens with one attached hydrogen (secondary N) is 2. The van der Waals surface area contributed by atoms with Crippen LogP contribution in [0.25, 0.3) is 0 Å². The van der Waals surface area contributed by atoms with Crippen molar-refractivity contribution in [2.75, 3.05) is 24.8 Å². The van der Waals surface area contributed by atoms with Crippen molar-refractivity contribution in [1.82, 2.24) is 9.97 Å². The minimum atomic E-state index is 0.303. The third-order valence-electron chi connectivity index (χ3n) is 4.03. The fourth-order valence-electron chi connectivity index (χ4n) is 2.76. The third-order valence-corrected chi connectivity index (χ3v) is 4.03. The molecule has 104 valence electrons. The molecule has 2 aliphatic rings. The molecule has 2 fully saturated rings. The highest BCUT2D eigenvalue weighted by atomic mass is 16.5. The summed E-state index contributed by atoms with van der Waals surface area (Å²) in [6.45, 7) is 0. The topological polar surface area (TPSA) is 59.1 Å². The van der Waals surface area contributed by atoms with E-state index in [-0.39, 0.29) is 0 Å². The second kappa shape index (κ2) is 5.33. The lowest BCUT2D eigenvalue weighted by atomic mass is 10.2. The van der Waals surface area contributed by atoms with Crippen LogP contribution in [0.4, 0.5) is 11.6 Å². The predicted molar refractivity (Wildman–Crippen MR) is 75.6 cm³/mol. The van der Waals surface area contributed by atoms with Gasteiger partial charge in [-0.15, -0.1) is 0 Å². The molecule has 0 aliphatic heterocycles. The van der Waals surface area contributed by atoms with E-state index < -0.39 is 0 Å². The number of rotatable bonds is 5. The number of hydrogen-bond donors (Lipinski definition) is 2. The Morgan fingerprint density at radius 2 is 1.95 bits per heavy atom. The highest BCUT2D eigenvalue weighted by Gasteiger charge is 2.29. The second-order valence-electron chi connectivity index (χ2n) is 5.48. The van der Waals surface area contributed by atoms with Gasteiger partial charge in [0.15, 0.2) is 0 Å². The van der Waals surface area contributed by atoms with Crippen molar-refractivity contribution in [2.45, 2.75) is 50.2 Å².